The second kappa shape index (κ2) is 5.48. The lowest BCUT2D eigenvalue weighted by Crippen LogP contribution is -2.38. The molecule has 68 valence electrons. The zero-order chi connectivity index (χ0) is 9.56. The highest BCUT2D eigenvalue weighted by Gasteiger charge is 2.09. The van der Waals surface area contributed by atoms with Gasteiger partial charge in [-0.1, -0.05) is 0 Å². The van der Waals surface area contributed by atoms with Crippen molar-refractivity contribution < 1.29 is 14.3 Å². The van der Waals surface area contributed by atoms with Gasteiger partial charge < -0.3 is 15.4 Å². The molecule has 0 bridgehead atoms. The third kappa shape index (κ3) is 4.62. The van der Waals surface area contributed by atoms with E-state index in [1.807, 2.05) is 0 Å². The first-order chi connectivity index (χ1) is 5.60. The van der Waals surface area contributed by atoms with Crippen molar-refractivity contribution in [2.45, 2.75) is 6.42 Å². The van der Waals surface area contributed by atoms with E-state index in [2.05, 4.69) is 27.6 Å². The average Bonchev–Trinajstić information content (AvgIpc) is 2.03. The minimum atomic E-state index is -0.591. The molecule has 0 aliphatic rings. The third-order valence-electron chi connectivity index (χ3n) is 1.01. The van der Waals surface area contributed by atoms with Crippen LogP contribution in [0.15, 0.2) is 0 Å². The number of hydrogen-bond donors (Lipinski definition) is 2. The lowest BCUT2D eigenvalue weighted by Gasteiger charge is -2.03. The molecule has 0 unspecified atom stereocenters. The number of methoxy groups -OCH3 is 1. The van der Waals surface area contributed by atoms with E-state index in [9.17, 15) is 9.59 Å². The molecule has 0 spiro atoms. The summed E-state index contributed by atoms with van der Waals surface area (Å²) < 4.78 is 4.27. The summed E-state index contributed by atoms with van der Waals surface area (Å²) in [6, 6.07) is 0. The lowest BCUT2D eigenvalue weighted by atomic mass is 10.4. The zero-order valence-electron chi connectivity index (χ0n) is 6.84. The molecule has 0 fully saturated rings. The van der Waals surface area contributed by atoms with Crippen LogP contribution in [0.1, 0.15) is 6.42 Å². The van der Waals surface area contributed by atoms with Gasteiger partial charge in [-0.2, -0.15) is 0 Å². The summed E-state index contributed by atoms with van der Waals surface area (Å²) >= 11 is 4.63. The summed E-state index contributed by atoms with van der Waals surface area (Å²) in [6.45, 7) is 0. The minimum Gasteiger partial charge on any atom is -0.469 e. The molecule has 2 N–H and O–H groups in total. The van der Waals surface area contributed by atoms with Crippen LogP contribution in [0.25, 0.3) is 0 Å². The van der Waals surface area contributed by atoms with Crippen molar-refractivity contribution in [3.63, 3.8) is 0 Å². The van der Waals surface area contributed by atoms with Crippen molar-refractivity contribution in [3.8, 4) is 0 Å². The van der Waals surface area contributed by atoms with Crippen LogP contribution in [-0.4, -0.2) is 31.1 Å². The quantitative estimate of drug-likeness (QED) is 0.338. The van der Waals surface area contributed by atoms with Crippen molar-refractivity contribution in [2.75, 3.05) is 14.2 Å². The monoisotopic (exact) mass is 190 g/mol. The second-order valence-electron chi connectivity index (χ2n) is 1.88. The van der Waals surface area contributed by atoms with E-state index in [-0.39, 0.29) is 11.5 Å². The molecule has 0 heterocycles. The maximum Gasteiger partial charge on any atom is 0.315 e. The molecule has 5 nitrogen and oxygen atoms in total. The zero-order valence-corrected chi connectivity index (χ0v) is 7.66. The van der Waals surface area contributed by atoms with E-state index in [1.54, 1.807) is 7.05 Å². The number of rotatable bonds is 2. The van der Waals surface area contributed by atoms with Crippen molar-refractivity contribution in [2.24, 2.45) is 0 Å². The maximum absolute atomic E-state index is 10.8. The SMILES string of the molecule is CNC(=S)NC(=O)CC(=O)OC. The number of esters is 1. The average molecular weight is 190 g/mol. The first-order valence-corrected chi connectivity index (χ1v) is 3.59. The topological polar surface area (TPSA) is 67.4 Å². The molecule has 0 aliphatic heterocycles. The van der Waals surface area contributed by atoms with Crippen LogP contribution >= 0.6 is 12.2 Å². The van der Waals surface area contributed by atoms with E-state index in [1.165, 1.54) is 7.11 Å². The number of amides is 1. The van der Waals surface area contributed by atoms with E-state index in [0.717, 1.165) is 0 Å². The molecule has 0 saturated heterocycles. The number of carbonyl (C=O) groups is 2. The molecule has 1 amide bonds. The molecule has 0 aromatic heterocycles. The Kier molecular flexibility index (Phi) is 4.94. The van der Waals surface area contributed by atoms with Crippen LogP contribution < -0.4 is 10.6 Å². The number of carbonyl (C=O) groups excluding carboxylic acids is 2. The lowest BCUT2D eigenvalue weighted by molar-refractivity contribution is -0.143. The highest BCUT2D eigenvalue weighted by Crippen LogP contribution is 1.83. The van der Waals surface area contributed by atoms with Crippen molar-refractivity contribution in [3.05, 3.63) is 0 Å². The number of hydrogen-bond acceptors (Lipinski definition) is 4. The molecule has 0 aromatic carbocycles. The summed E-state index contributed by atoms with van der Waals surface area (Å²) in [4.78, 5) is 21.4. The van der Waals surface area contributed by atoms with Crippen molar-refractivity contribution >= 4 is 29.2 Å². The fourth-order valence-electron chi connectivity index (χ4n) is 0.437. The van der Waals surface area contributed by atoms with Crippen molar-refractivity contribution in [1.29, 1.82) is 0 Å². The van der Waals surface area contributed by atoms with Crippen LogP contribution in [0.3, 0.4) is 0 Å². The first-order valence-electron chi connectivity index (χ1n) is 3.18. The minimum absolute atomic E-state index is 0.184. The Bertz CT molecular complexity index is 185. The van der Waals surface area contributed by atoms with E-state index in [0.29, 0.717) is 0 Å². The summed E-state index contributed by atoms with van der Waals surface area (Å²) in [5.41, 5.74) is 0. The molecule has 12 heavy (non-hydrogen) atoms. The molecule has 0 rings (SSSR count). The molecule has 0 atom stereocenters. The van der Waals surface area contributed by atoms with Gasteiger partial charge in [-0.15, -0.1) is 0 Å². The maximum atomic E-state index is 10.8. The molecule has 6 heteroatoms. The highest BCUT2D eigenvalue weighted by atomic mass is 32.1. The van der Waals surface area contributed by atoms with Gasteiger partial charge in [-0.3, -0.25) is 9.59 Å². The van der Waals surface area contributed by atoms with Gasteiger partial charge >= 0.3 is 5.97 Å². The van der Waals surface area contributed by atoms with Crippen LogP contribution in [0.2, 0.25) is 0 Å². The first kappa shape index (κ1) is 10.8. The van der Waals surface area contributed by atoms with Crippen LogP contribution in [0.5, 0.6) is 0 Å². The van der Waals surface area contributed by atoms with Crippen LogP contribution in [0.4, 0.5) is 0 Å². The Morgan fingerprint density at radius 3 is 2.50 bits per heavy atom. The number of nitrogens with one attached hydrogen (secondary N) is 2. The number of ether oxygens (including phenoxy) is 1. The number of thiocarbonyl (C=S) groups is 1. The Morgan fingerprint density at radius 2 is 2.08 bits per heavy atom. The smallest absolute Gasteiger partial charge is 0.315 e. The predicted molar refractivity (Wildman–Crippen MR) is 46.4 cm³/mol. The largest absolute Gasteiger partial charge is 0.469 e. The van der Waals surface area contributed by atoms with Gasteiger partial charge in [0, 0.05) is 7.05 Å². The summed E-state index contributed by atoms with van der Waals surface area (Å²) in [5, 5.41) is 4.99. The Hall–Kier alpha value is -1.17. The Labute approximate surface area is 75.5 Å². The van der Waals surface area contributed by atoms with Gasteiger partial charge in [-0.05, 0) is 12.2 Å². The summed E-state index contributed by atoms with van der Waals surface area (Å²) in [5.74, 6) is -1.08. The predicted octanol–water partition coefficient (Wildman–Crippen LogP) is -0.830. The van der Waals surface area contributed by atoms with Crippen LogP contribution in [0, 0.1) is 0 Å². The molecule has 0 aliphatic carbocycles. The van der Waals surface area contributed by atoms with Gasteiger partial charge in [0.15, 0.2) is 5.11 Å². The van der Waals surface area contributed by atoms with Crippen molar-refractivity contribution in [1.82, 2.24) is 10.6 Å². The van der Waals surface area contributed by atoms with E-state index < -0.39 is 11.9 Å². The Balaban J connectivity index is 3.74. The Morgan fingerprint density at radius 1 is 1.50 bits per heavy atom. The van der Waals surface area contributed by atoms with Crippen LogP contribution in [-0.2, 0) is 14.3 Å². The molecular formula is C6H10N2O3S. The van der Waals surface area contributed by atoms with E-state index >= 15 is 0 Å². The highest BCUT2D eigenvalue weighted by molar-refractivity contribution is 7.80. The van der Waals surface area contributed by atoms with Gasteiger partial charge in [0.2, 0.25) is 5.91 Å². The molecule has 0 saturated carbocycles. The summed E-state index contributed by atoms with van der Waals surface area (Å²) in [6.07, 6.45) is -0.321. The van der Waals surface area contributed by atoms with E-state index in [4.69, 9.17) is 0 Å². The van der Waals surface area contributed by atoms with Gasteiger partial charge in [0.25, 0.3) is 0 Å². The fraction of sp³-hybridized carbons (Fsp3) is 0.500. The molecular weight excluding hydrogens is 180 g/mol. The third-order valence-corrected chi connectivity index (χ3v) is 1.32. The normalized spacial score (nSPS) is 8.50. The second-order valence-corrected chi connectivity index (χ2v) is 2.29. The molecule has 0 radical (unpaired) electrons. The standard InChI is InChI=1S/C6H10N2O3S/c1-7-6(12)8-4(9)3-5(10)11-2/h3H2,1-2H3,(H2,7,8,9,12). The van der Waals surface area contributed by atoms with Gasteiger partial charge in [0.05, 0.1) is 7.11 Å². The molecule has 0 aromatic rings. The van der Waals surface area contributed by atoms with Gasteiger partial charge in [-0.25, -0.2) is 0 Å². The summed E-state index contributed by atoms with van der Waals surface area (Å²) in [7, 11) is 2.78. The fourth-order valence-corrected chi connectivity index (χ4v) is 0.550. The van der Waals surface area contributed by atoms with Gasteiger partial charge in [0.1, 0.15) is 6.42 Å².